The Morgan fingerprint density at radius 2 is 2.06 bits per heavy atom. The van der Waals surface area contributed by atoms with Gasteiger partial charge in [-0.25, -0.2) is 0 Å². The van der Waals surface area contributed by atoms with E-state index in [0.29, 0.717) is 5.92 Å². The third-order valence-electron chi connectivity index (χ3n) is 3.55. The van der Waals surface area contributed by atoms with E-state index in [0.717, 1.165) is 19.5 Å². The molecule has 0 N–H and O–H groups in total. The molecule has 0 amide bonds. The van der Waals surface area contributed by atoms with Crippen LogP contribution in [-0.4, -0.2) is 38.1 Å². The molecule has 0 saturated carbocycles. The average molecular weight is 233 g/mol. The zero-order chi connectivity index (χ0) is 12.3. The van der Waals surface area contributed by atoms with E-state index in [1.807, 2.05) is 18.2 Å². The molecule has 17 heavy (non-hydrogen) atoms. The summed E-state index contributed by atoms with van der Waals surface area (Å²) in [5, 5.41) is 0. The summed E-state index contributed by atoms with van der Waals surface area (Å²) in [6, 6.07) is 10.3. The van der Waals surface area contributed by atoms with Gasteiger partial charge in [0, 0.05) is 6.54 Å². The van der Waals surface area contributed by atoms with Crippen LogP contribution < -0.4 is 0 Å². The fraction of sp³-hybridized carbons (Fsp3) is 0.500. The molecular weight excluding hydrogens is 214 g/mol. The van der Waals surface area contributed by atoms with Crippen molar-refractivity contribution in [2.75, 3.05) is 27.2 Å². The van der Waals surface area contributed by atoms with E-state index in [1.54, 1.807) is 0 Å². The van der Waals surface area contributed by atoms with Crippen LogP contribution in [0.4, 0.5) is 0 Å². The smallest absolute Gasteiger partial charge is 0.310 e. The molecule has 1 aromatic rings. The van der Waals surface area contributed by atoms with Crippen LogP contribution in [0.1, 0.15) is 17.9 Å². The van der Waals surface area contributed by atoms with Gasteiger partial charge in [0.05, 0.1) is 13.0 Å². The summed E-state index contributed by atoms with van der Waals surface area (Å²) >= 11 is 0. The van der Waals surface area contributed by atoms with E-state index in [2.05, 4.69) is 24.1 Å². The second kappa shape index (κ2) is 5.32. The van der Waals surface area contributed by atoms with Crippen molar-refractivity contribution in [3.63, 3.8) is 0 Å². The minimum Gasteiger partial charge on any atom is -0.469 e. The maximum Gasteiger partial charge on any atom is 0.310 e. The highest BCUT2D eigenvalue weighted by Crippen LogP contribution is 2.33. The van der Waals surface area contributed by atoms with Crippen molar-refractivity contribution in [2.45, 2.75) is 12.3 Å². The number of hydrogen-bond donors (Lipinski definition) is 0. The first kappa shape index (κ1) is 12.1. The van der Waals surface area contributed by atoms with Gasteiger partial charge in [0.25, 0.3) is 0 Å². The molecule has 0 bridgehead atoms. The van der Waals surface area contributed by atoms with Crippen molar-refractivity contribution in [1.29, 1.82) is 0 Å². The summed E-state index contributed by atoms with van der Waals surface area (Å²) in [5.41, 5.74) is 1.25. The van der Waals surface area contributed by atoms with Crippen molar-refractivity contribution in [1.82, 2.24) is 4.90 Å². The van der Waals surface area contributed by atoms with Gasteiger partial charge in [-0.1, -0.05) is 30.3 Å². The highest BCUT2D eigenvalue weighted by Gasteiger charge is 2.34. The number of methoxy groups -OCH3 is 1. The van der Waals surface area contributed by atoms with Gasteiger partial charge in [-0.2, -0.15) is 0 Å². The van der Waals surface area contributed by atoms with Gasteiger partial charge < -0.3 is 9.64 Å². The number of ether oxygens (including phenoxy) is 1. The first-order valence-corrected chi connectivity index (χ1v) is 6.03. The van der Waals surface area contributed by atoms with Crippen LogP contribution in [-0.2, 0) is 9.53 Å². The fourth-order valence-corrected chi connectivity index (χ4v) is 2.60. The standard InChI is InChI=1S/C14H19NO2/c1-15-9-8-12(11-6-4-3-5-7-11)13(10-15)14(16)17-2/h3-7,12-13H,8-10H2,1-2H3/t12?,13-/m1/s1. The van der Waals surface area contributed by atoms with E-state index < -0.39 is 0 Å². The van der Waals surface area contributed by atoms with Crippen LogP contribution in [0.15, 0.2) is 30.3 Å². The lowest BCUT2D eigenvalue weighted by atomic mass is 9.80. The topological polar surface area (TPSA) is 29.5 Å². The Bertz CT molecular complexity index is 377. The number of rotatable bonds is 2. The third kappa shape index (κ3) is 2.67. The van der Waals surface area contributed by atoms with Crippen LogP contribution in [0.2, 0.25) is 0 Å². The minimum atomic E-state index is -0.0922. The average Bonchev–Trinajstić information content (AvgIpc) is 2.38. The van der Waals surface area contributed by atoms with Crippen molar-refractivity contribution in [3.8, 4) is 0 Å². The zero-order valence-corrected chi connectivity index (χ0v) is 10.4. The monoisotopic (exact) mass is 233 g/mol. The molecule has 0 aromatic heterocycles. The van der Waals surface area contributed by atoms with Crippen LogP contribution in [0.25, 0.3) is 0 Å². The SMILES string of the molecule is COC(=O)[C@@H]1CN(C)CCC1c1ccccc1. The van der Waals surface area contributed by atoms with Gasteiger partial charge in [0.2, 0.25) is 0 Å². The van der Waals surface area contributed by atoms with Gasteiger partial charge >= 0.3 is 5.97 Å². The molecule has 2 atom stereocenters. The largest absolute Gasteiger partial charge is 0.469 e. The van der Waals surface area contributed by atoms with Crippen molar-refractivity contribution < 1.29 is 9.53 Å². The van der Waals surface area contributed by atoms with Gasteiger partial charge in [-0.3, -0.25) is 4.79 Å². The van der Waals surface area contributed by atoms with E-state index >= 15 is 0 Å². The molecule has 1 aliphatic rings. The lowest BCUT2D eigenvalue weighted by Crippen LogP contribution is -2.41. The summed E-state index contributed by atoms with van der Waals surface area (Å²) in [7, 11) is 3.52. The molecule has 2 rings (SSSR count). The number of likely N-dealkylation sites (tertiary alicyclic amines) is 1. The Balaban J connectivity index is 2.22. The van der Waals surface area contributed by atoms with Crippen LogP contribution in [0.3, 0.4) is 0 Å². The number of hydrogen-bond acceptors (Lipinski definition) is 3. The lowest BCUT2D eigenvalue weighted by molar-refractivity contribution is -0.148. The summed E-state index contributed by atoms with van der Waals surface area (Å²) in [6.07, 6.45) is 1.01. The predicted octanol–water partition coefficient (Wildman–Crippen LogP) is 1.89. The molecule has 1 aromatic carbocycles. The molecule has 1 fully saturated rings. The second-order valence-corrected chi connectivity index (χ2v) is 4.70. The number of nitrogens with zero attached hydrogens (tertiary/aromatic N) is 1. The summed E-state index contributed by atoms with van der Waals surface area (Å²) in [4.78, 5) is 14.0. The van der Waals surface area contributed by atoms with E-state index in [9.17, 15) is 4.79 Å². The number of piperidine rings is 1. The van der Waals surface area contributed by atoms with Crippen LogP contribution in [0.5, 0.6) is 0 Å². The highest BCUT2D eigenvalue weighted by atomic mass is 16.5. The first-order chi connectivity index (χ1) is 8.22. The Kier molecular flexibility index (Phi) is 3.79. The van der Waals surface area contributed by atoms with Gasteiger partial charge in [-0.15, -0.1) is 0 Å². The van der Waals surface area contributed by atoms with Crippen molar-refractivity contribution >= 4 is 5.97 Å². The third-order valence-corrected chi connectivity index (χ3v) is 3.55. The molecule has 1 saturated heterocycles. The van der Waals surface area contributed by atoms with Gasteiger partial charge in [0.1, 0.15) is 0 Å². The molecule has 0 radical (unpaired) electrons. The van der Waals surface area contributed by atoms with E-state index in [1.165, 1.54) is 12.7 Å². The van der Waals surface area contributed by atoms with Crippen molar-refractivity contribution in [2.24, 2.45) is 5.92 Å². The Hall–Kier alpha value is -1.35. The molecule has 0 spiro atoms. The normalized spacial score (nSPS) is 25.5. The number of carbonyl (C=O) groups excluding carboxylic acids is 1. The van der Waals surface area contributed by atoms with E-state index in [4.69, 9.17) is 4.74 Å². The molecule has 92 valence electrons. The van der Waals surface area contributed by atoms with Gasteiger partial charge in [0.15, 0.2) is 0 Å². The van der Waals surface area contributed by atoms with Gasteiger partial charge in [-0.05, 0) is 31.5 Å². The first-order valence-electron chi connectivity index (χ1n) is 6.03. The maximum absolute atomic E-state index is 11.8. The summed E-state index contributed by atoms with van der Waals surface area (Å²) in [6.45, 7) is 1.82. The van der Waals surface area contributed by atoms with E-state index in [-0.39, 0.29) is 11.9 Å². The quantitative estimate of drug-likeness (QED) is 0.731. The Morgan fingerprint density at radius 1 is 1.35 bits per heavy atom. The predicted molar refractivity (Wildman–Crippen MR) is 66.8 cm³/mol. The highest BCUT2D eigenvalue weighted by molar-refractivity contribution is 5.74. The second-order valence-electron chi connectivity index (χ2n) is 4.70. The zero-order valence-electron chi connectivity index (χ0n) is 10.4. The summed E-state index contributed by atoms with van der Waals surface area (Å²) in [5.74, 6) is 0.159. The Morgan fingerprint density at radius 3 is 2.71 bits per heavy atom. The molecule has 1 heterocycles. The maximum atomic E-state index is 11.8. The number of carbonyl (C=O) groups is 1. The summed E-state index contributed by atoms with van der Waals surface area (Å²) < 4.78 is 4.92. The van der Waals surface area contributed by atoms with Crippen LogP contribution in [0, 0.1) is 5.92 Å². The minimum absolute atomic E-state index is 0.0406. The molecule has 0 aliphatic carbocycles. The molecule has 1 aliphatic heterocycles. The molecular formula is C14H19NO2. The van der Waals surface area contributed by atoms with Crippen LogP contribution >= 0.6 is 0 Å². The lowest BCUT2D eigenvalue weighted by Gasteiger charge is -2.35. The number of benzene rings is 1. The molecule has 1 unspecified atom stereocenters. The Labute approximate surface area is 102 Å². The van der Waals surface area contributed by atoms with Crippen molar-refractivity contribution in [3.05, 3.63) is 35.9 Å². The number of esters is 1. The molecule has 3 nitrogen and oxygen atoms in total. The fourth-order valence-electron chi connectivity index (χ4n) is 2.60. The molecule has 3 heteroatoms.